The fourth-order valence-corrected chi connectivity index (χ4v) is 2.91. The Morgan fingerprint density at radius 3 is 2.83 bits per heavy atom. The summed E-state index contributed by atoms with van der Waals surface area (Å²) in [5.41, 5.74) is 2.00. The smallest absolute Gasteiger partial charge is 0.247 e. The van der Waals surface area contributed by atoms with Gasteiger partial charge in [-0.25, -0.2) is 0 Å². The molecule has 6 nitrogen and oxygen atoms in total. The topological polar surface area (TPSA) is 67.9 Å². The average molecular weight is 307 g/mol. The Hall–Kier alpha value is -2.60. The lowest BCUT2D eigenvalue weighted by molar-refractivity contribution is 0.316. The first-order valence-corrected chi connectivity index (χ1v) is 7.74. The first-order valence-electron chi connectivity index (χ1n) is 7.74. The zero-order chi connectivity index (χ0) is 15.5. The van der Waals surface area contributed by atoms with E-state index in [9.17, 15) is 0 Å². The number of hydrogen-bond acceptors (Lipinski definition) is 6. The van der Waals surface area contributed by atoms with Crippen molar-refractivity contribution in [2.75, 3.05) is 13.1 Å². The molecule has 1 aliphatic heterocycles. The second-order valence-corrected chi connectivity index (χ2v) is 5.72. The van der Waals surface area contributed by atoms with Gasteiger partial charge in [0.1, 0.15) is 0 Å². The van der Waals surface area contributed by atoms with Crippen molar-refractivity contribution in [1.29, 1.82) is 0 Å². The first-order chi connectivity index (χ1) is 11.4. The zero-order valence-electron chi connectivity index (χ0n) is 12.7. The van der Waals surface area contributed by atoms with Gasteiger partial charge in [-0.3, -0.25) is 14.9 Å². The lowest BCUT2D eigenvalue weighted by Crippen LogP contribution is -2.20. The van der Waals surface area contributed by atoms with E-state index in [2.05, 4.69) is 31.1 Å². The minimum Gasteiger partial charge on any atom is -0.420 e. The van der Waals surface area contributed by atoms with E-state index in [-0.39, 0.29) is 0 Å². The quantitative estimate of drug-likeness (QED) is 0.738. The van der Waals surface area contributed by atoms with Gasteiger partial charge in [0.2, 0.25) is 11.8 Å². The largest absolute Gasteiger partial charge is 0.420 e. The Bertz CT molecular complexity index is 759. The Balaban J connectivity index is 1.43. The summed E-state index contributed by atoms with van der Waals surface area (Å²) in [6.07, 6.45) is 6.32. The Morgan fingerprint density at radius 2 is 2.00 bits per heavy atom. The molecule has 1 fully saturated rings. The maximum Gasteiger partial charge on any atom is 0.247 e. The van der Waals surface area contributed by atoms with Crippen LogP contribution in [0, 0.1) is 0 Å². The molecule has 0 unspecified atom stereocenters. The second-order valence-electron chi connectivity index (χ2n) is 5.72. The molecule has 4 rings (SSSR count). The van der Waals surface area contributed by atoms with Gasteiger partial charge in [-0.1, -0.05) is 6.07 Å². The highest BCUT2D eigenvalue weighted by molar-refractivity contribution is 5.50. The van der Waals surface area contributed by atoms with Crippen LogP contribution in [0.5, 0.6) is 0 Å². The Labute approximate surface area is 134 Å². The molecule has 0 saturated carbocycles. The van der Waals surface area contributed by atoms with Gasteiger partial charge in [0, 0.05) is 37.2 Å². The van der Waals surface area contributed by atoms with E-state index in [1.54, 1.807) is 12.4 Å². The molecule has 23 heavy (non-hydrogen) atoms. The molecule has 1 saturated heterocycles. The fourth-order valence-electron chi connectivity index (χ4n) is 2.91. The lowest BCUT2D eigenvalue weighted by atomic mass is 10.1. The van der Waals surface area contributed by atoms with Crippen molar-refractivity contribution in [1.82, 2.24) is 25.1 Å². The van der Waals surface area contributed by atoms with Gasteiger partial charge in [-0.15, -0.1) is 10.2 Å². The third-order valence-corrected chi connectivity index (χ3v) is 4.10. The third kappa shape index (κ3) is 3.12. The minimum atomic E-state index is 0.293. The average Bonchev–Trinajstić information content (AvgIpc) is 3.26. The molecule has 0 amide bonds. The van der Waals surface area contributed by atoms with Gasteiger partial charge in [0.25, 0.3) is 0 Å². The van der Waals surface area contributed by atoms with Crippen molar-refractivity contribution in [2.45, 2.75) is 18.9 Å². The molecule has 0 aromatic carbocycles. The normalized spacial score (nSPS) is 18.3. The Kier molecular flexibility index (Phi) is 3.81. The molecule has 0 radical (unpaired) electrons. The van der Waals surface area contributed by atoms with Gasteiger partial charge >= 0.3 is 0 Å². The van der Waals surface area contributed by atoms with E-state index in [1.807, 2.05) is 30.5 Å². The molecule has 116 valence electrons. The highest BCUT2D eigenvalue weighted by Gasteiger charge is 2.28. The molecular weight excluding hydrogens is 290 g/mol. The predicted molar refractivity (Wildman–Crippen MR) is 84.4 cm³/mol. The summed E-state index contributed by atoms with van der Waals surface area (Å²) in [5.74, 6) is 1.58. The van der Waals surface area contributed by atoms with Gasteiger partial charge < -0.3 is 4.42 Å². The molecule has 0 spiro atoms. The van der Waals surface area contributed by atoms with Crippen LogP contribution >= 0.6 is 0 Å². The molecule has 1 atom stereocenters. The standard InChI is InChI=1S/C17H17N5O/c1-2-7-19-15(3-1)12-22-10-6-14(11-22)17-21-20-16(23-17)13-4-8-18-9-5-13/h1-5,7-9,14H,6,10-12H2/t14-/m0/s1. The molecule has 0 N–H and O–H groups in total. The Morgan fingerprint density at radius 1 is 1.09 bits per heavy atom. The van der Waals surface area contributed by atoms with Crippen LogP contribution in [0.3, 0.4) is 0 Å². The van der Waals surface area contributed by atoms with Crippen molar-refractivity contribution in [3.05, 3.63) is 60.5 Å². The van der Waals surface area contributed by atoms with Crippen molar-refractivity contribution >= 4 is 0 Å². The fraction of sp³-hybridized carbons (Fsp3) is 0.294. The van der Waals surface area contributed by atoms with E-state index < -0.39 is 0 Å². The highest BCUT2D eigenvalue weighted by Crippen LogP contribution is 2.29. The summed E-state index contributed by atoms with van der Waals surface area (Å²) >= 11 is 0. The maximum atomic E-state index is 5.86. The highest BCUT2D eigenvalue weighted by atomic mass is 16.4. The van der Waals surface area contributed by atoms with Crippen molar-refractivity contribution in [3.8, 4) is 11.5 Å². The van der Waals surface area contributed by atoms with Crippen molar-refractivity contribution in [3.63, 3.8) is 0 Å². The second kappa shape index (κ2) is 6.26. The van der Waals surface area contributed by atoms with Gasteiger partial charge in [0.15, 0.2) is 0 Å². The van der Waals surface area contributed by atoms with Crippen molar-refractivity contribution in [2.24, 2.45) is 0 Å². The molecule has 3 aromatic heterocycles. The van der Waals surface area contributed by atoms with Crippen LogP contribution in [0.1, 0.15) is 23.9 Å². The SMILES string of the molecule is c1ccc(CN2CC[C@H](c3nnc(-c4ccncc4)o3)C2)nc1. The molecule has 4 heterocycles. The molecule has 0 bridgehead atoms. The van der Waals surface area contributed by atoms with Crippen LogP contribution in [0.15, 0.2) is 53.3 Å². The minimum absolute atomic E-state index is 0.293. The molecule has 1 aliphatic rings. The van der Waals surface area contributed by atoms with E-state index in [4.69, 9.17) is 4.42 Å². The van der Waals surface area contributed by atoms with Crippen LogP contribution < -0.4 is 0 Å². The number of hydrogen-bond donors (Lipinski definition) is 0. The van der Waals surface area contributed by atoms with Gasteiger partial charge in [0.05, 0.1) is 11.6 Å². The van der Waals surface area contributed by atoms with Crippen LogP contribution in [0.2, 0.25) is 0 Å². The van der Waals surface area contributed by atoms with E-state index in [0.29, 0.717) is 11.8 Å². The zero-order valence-corrected chi connectivity index (χ0v) is 12.7. The van der Waals surface area contributed by atoms with E-state index in [1.165, 1.54) is 0 Å². The van der Waals surface area contributed by atoms with Gasteiger partial charge in [-0.2, -0.15) is 0 Å². The summed E-state index contributed by atoms with van der Waals surface area (Å²) in [5, 5.41) is 8.40. The lowest BCUT2D eigenvalue weighted by Gasteiger charge is -2.14. The van der Waals surface area contributed by atoms with Crippen LogP contribution in [-0.4, -0.2) is 38.2 Å². The van der Waals surface area contributed by atoms with E-state index in [0.717, 1.165) is 43.2 Å². The monoisotopic (exact) mass is 307 g/mol. The third-order valence-electron chi connectivity index (χ3n) is 4.10. The summed E-state index contributed by atoms with van der Waals surface area (Å²) in [6, 6.07) is 9.77. The molecular formula is C17H17N5O. The first kappa shape index (κ1) is 14.0. The van der Waals surface area contributed by atoms with Crippen LogP contribution in [0.25, 0.3) is 11.5 Å². The molecule has 3 aromatic rings. The van der Waals surface area contributed by atoms with Gasteiger partial charge in [-0.05, 0) is 37.2 Å². The molecule has 6 heteroatoms. The summed E-state index contributed by atoms with van der Waals surface area (Å²) in [4.78, 5) is 10.8. The summed E-state index contributed by atoms with van der Waals surface area (Å²) in [6.45, 7) is 2.81. The van der Waals surface area contributed by atoms with Crippen LogP contribution in [0.4, 0.5) is 0 Å². The summed E-state index contributed by atoms with van der Waals surface area (Å²) in [7, 11) is 0. The van der Waals surface area contributed by atoms with Crippen LogP contribution in [-0.2, 0) is 6.54 Å². The number of pyridine rings is 2. The van der Waals surface area contributed by atoms with E-state index >= 15 is 0 Å². The number of aromatic nitrogens is 4. The molecule has 0 aliphatic carbocycles. The van der Waals surface area contributed by atoms with Crippen molar-refractivity contribution < 1.29 is 4.42 Å². The number of nitrogens with zero attached hydrogens (tertiary/aromatic N) is 5. The number of rotatable bonds is 4. The maximum absolute atomic E-state index is 5.86. The predicted octanol–water partition coefficient (Wildman–Crippen LogP) is 2.52. The summed E-state index contributed by atoms with van der Waals surface area (Å²) < 4.78 is 5.86. The number of likely N-dealkylation sites (tertiary alicyclic amines) is 1.